The molecule has 0 radical (unpaired) electrons. The molecule has 1 fully saturated rings. The van der Waals surface area contributed by atoms with Gasteiger partial charge in [0, 0.05) is 26.2 Å². The van der Waals surface area contributed by atoms with E-state index in [1.165, 1.54) is 11.3 Å². The minimum atomic E-state index is -0.773. The lowest BCUT2D eigenvalue weighted by atomic mass is 10.2. The molecule has 2 heterocycles. The van der Waals surface area contributed by atoms with Gasteiger partial charge in [0.2, 0.25) is 0 Å². The quantitative estimate of drug-likeness (QED) is 0.919. The molecule has 1 aromatic heterocycles. The van der Waals surface area contributed by atoms with Gasteiger partial charge in [0.1, 0.15) is 6.04 Å². The van der Waals surface area contributed by atoms with Gasteiger partial charge in [-0.3, -0.25) is 14.5 Å². The second-order valence-electron chi connectivity index (χ2n) is 4.92. The van der Waals surface area contributed by atoms with Crippen LogP contribution in [0.2, 0.25) is 0 Å². The van der Waals surface area contributed by atoms with Crippen molar-refractivity contribution in [1.29, 1.82) is 0 Å². The van der Waals surface area contributed by atoms with Crippen LogP contribution in [0.4, 0.5) is 0 Å². The van der Waals surface area contributed by atoms with Crippen LogP contribution in [0.15, 0.2) is 17.5 Å². The van der Waals surface area contributed by atoms with Crippen molar-refractivity contribution in [3.63, 3.8) is 0 Å². The molecular weight excluding hydrogens is 276 g/mol. The van der Waals surface area contributed by atoms with Crippen molar-refractivity contribution >= 4 is 23.2 Å². The largest absolute Gasteiger partial charge is 0.480 e. The van der Waals surface area contributed by atoms with Gasteiger partial charge in [-0.05, 0) is 24.3 Å². The zero-order valence-electron chi connectivity index (χ0n) is 11.6. The van der Waals surface area contributed by atoms with Crippen LogP contribution in [0.3, 0.4) is 0 Å². The monoisotopic (exact) mass is 296 g/mol. The number of thiophene rings is 1. The predicted molar refractivity (Wildman–Crippen MR) is 78.1 cm³/mol. The summed E-state index contributed by atoms with van der Waals surface area (Å²) >= 11 is 1.45. The molecule has 20 heavy (non-hydrogen) atoms. The lowest BCUT2D eigenvalue weighted by molar-refractivity contribution is -0.143. The summed E-state index contributed by atoms with van der Waals surface area (Å²) in [5, 5.41) is 11.1. The first-order valence-corrected chi connectivity index (χ1v) is 7.81. The molecule has 1 aliphatic heterocycles. The van der Waals surface area contributed by atoms with Gasteiger partial charge < -0.3 is 10.0 Å². The fourth-order valence-electron chi connectivity index (χ4n) is 2.60. The Morgan fingerprint density at radius 3 is 2.75 bits per heavy atom. The summed E-state index contributed by atoms with van der Waals surface area (Å²) in [7, 11) is 0. The Kier molecular flexibility index (Phi) is 5.14. The minimum absolute atomic E-state index is 0.0604. The number of carboxylic acids is 1. The molecule has 5 nitrogen and oxygen atoms in total. The summed E-state index contributed by atoms with van der Waals surface area (Å²) in [6.07, 6.45) is 1.41. The Labute approximate surface area is 122 Å². The molecule has 0 unspecified atom stereocenters. The van der Waals surface area contributed by atoms with Crippen LogP contribution in [0.5, 0.6) is 0 Å². The summed E-state index contributed by atoms with van der Waals surface area (Å²) in [6, 6.07) is 3.27. The molecule has 2 rings (SSSR count). The van der Waals surface area contributed by atoms with Crippen molar-refractivity contribution in [3.8, 4) is 0 Å². The third kappa shape index (κ3) is 3.37. The van der Waals surface area contributed by atoms with Crippen molar-refractivity contribution < 1.29 is 14.7 Å². The highest BCUT2D eigenvalue weighted by Crippen LogP contribution is 2.15. The molecule has 1 aliphatic rings. The number of aliphatic carboxylic acids is 1. The number of carbonyl (C=O) groups excluding carboxylic acids is 1. The van der Waals surface area contributed by atoms with Gasteiger partial charge in [-0.2, -0.15) is 0 Å². The smallest absolute Gasteiger partial charge is 0.320 e. The first-order valence-electron chi connectivity index (χ1n) is 6.93. The number of carbonyl (C=O) groups is 2. The minimum Gasteiger partial charge on any atom is -0.480 e. The zero-order valence-corrected chi connectivity index (χ0v) is 12.4. The Hall–Kier alpha value is -1.40. The van der Waals surface area contributed by atoms with E-state index in [0.717, 1.165) is 17.8 Å². The van der Waals surface area contributed by atoms with Gasteiger partial charge in [0.25, 0.3) is 5.91 Å². The van der Waals surface area contributed by atoms with Crippen LogP contribution >= 0.6 is 11.3 Å². The molecular formula is C14H20N2O3S. The van der Waals surface area contributed by atoms with Gasteiger partial charge in [-0.25, -0.2) is 0 Å². The Balaban J connectivity index is 1.98. The lowest BCUT2D eigenvalue weighted by Gasteiger charge is -2.26. The molecule has 0 aromatic carbocycles. The average molecular weight is 296 g/mol. The Morgan fingerprint density at radius 1 is 1.35 bits per heavy atom. The van der Waals surface area contributed by atoms with Crippen molar-refractivity contribution in [1.82, 2.24) is 9.80 Å². The molecule has 0 aliphatic carbocycles. The lowest BCUT2D eigenvalue weighted by Crippen LogP contribution is -2.43. The Bertz CT molecular complexity index is 461. The summed E-state index contributed by atoms with van der Waals surface area (Å²) in [6.45, 7) is 4.54. The van der Waals surface area contributed by atoms with Gasteiger partial charge in [-0.15, -0.1) is 11.3 Å². The van der Waals surface area contributed by atoms with E-state index in [1.807, 2.05) is 34.2 Å². The molecule has 0 spiro atoms. The standard InChI is InChI=1S/C14H20N2O3S/c1-2-11(14(18)19)15-6-4-7-16(9-8-15)13(17)12-5-3-10-20-12/h3,5,10-11H,2,4,6-9H2,1H3,(H,18,19)/t11-/m1/s1. The molecule has 1 aromatic rings. The zero-order chi connectivity index (χ0) is 14.5. The first-order chi connectivity index (χ1) is 9.63. The van der Waals surface area contributed by atoms with Crippen molar-refractivity contribution in [3.05, 3.63) is 22.4 Å². The van der Waals surface area contributed by atoms with Crippen LogP contribution < -0.4 is 0 Å². The van der Waals surface area contributed by atoms with Crippen LogP contribution in [-0.4, -0.2) is 59.0 Å². The van der Waals surface area contributed by atoms with E-state index in [1.54, 1.807) is 0 Å². The predicted octanol–water partition coefficient (Wildman–Crippen LogP) is 1.76. The fraction of sp³-hybridized carbons (Fsp3) is 0.571. The molecule has 1 N–H and O–H groups in total. The van der Waals surface area contributed by atoms with Crippen molar-refractivity contribution in [2.24, 2.45) is 0 Å². The fourth-order valence-corrected chi connectivity index (χ4v) is 3.29. The third-order valence-electron chi connectivity index (χ3n) is 3.66. The first kappa shape index (κ1) is 15.0. The molecule has 1 saturated heterocycles. The Morgan fingerprint density at radius 2 is 2.15 bits per heavy atom. The highest BCUT2D eigenvalue weighted by molar-refractivity contribution is 7.12. The van der Waals surface area contributed by atoms with Crippen LogP contribution in [0.25, 0.3) is 0 Å². The van der Waals surface area contributed by atoms with Gasteiger partial charge in [0.15, 0.2) is 0 Å². The van der Waals surface area contributed by atoms with E-state index in [9.17, 15) is 14.7 Å². The van der Waals surface area contributed by atoms with Crippen LogP contribution in [0.1, 0.15) is 29.4 Å². The van der Waals surface area contributed by atoms with Gasteiger partial charge in [-0.1, -0.05) is 13.0 Å². The van der Waals surface area contributed by atoms with Crippen molar-refractivity contribution in [2.45, 2.75) is 25.8 Å². The molecule has 6 heteroatoms. The second-order valence-corrected chi connectivity index (χ2v) is 5.87. The third-order valence-corrected chi connectivity index (χ3v) is 4.52. The van der Waals surface area contributed by atoms with E-state index >= 15 is 0 Å². The SMILES string of the molecule is CC[C@H](C(=O)O)N1CCCN(C(=O)c2cccs2)CC1. The number of hydrogen-bond acceptors (Lipinski definition) is 4. The summed E-state index contributed by atoms with van der Waals surface area (Å²) < 4.78 is 0. The van der Waals surface area contributed by atoms with E-state index in [2.05, 4.69) is 0 Å². The highest BCUT2D eigenvalue weighted by Gasteiger charge is 2.27. The second kappa shape index (κ2) is 6.85. The van der Waals surface area contributed by atoms with Crippen LogP contribution in [-0.2, 0) is 4.79 Å². The van der Waals surface area contributed by atoms with E-state index in [-0.39, 0.29) is 5.91 Å². The van der Waals surface area contributed by atoms with E-state index in [0.29, 0.717) is 26.1 Å². The van der Waals surface area contributed by atoms with Crippen molar-refractivity contribution in [2.75, 3.05) is 26.2 Å². The molecule has 0 saturated carbocycles. The van der Waals surface area contributed by atoms with Gasteiger partial charge in [0.05, 0.1) is 4.88 Å². The number of nitrogens with zero attached hydrogens (tertiary/aromatic N) is 2. The maximum atomic E-state index is 12.3. The average Bonchev–Trinajstić information content (AvgIpc) is 2.85. The van der Waals surface area contributed by atoms with Crippen LogP contribution in [0, 0.1) is 0 Å². The van der Waals surface area contributed by atoms with E-state index in [4.69, 9.17) is 0 Å². The summed E-state index contributed by atoms with van der Waals surface area (Å²) in [5.74, 6) is -0.712. The highest BCUT2D eigenvalue weighted by atomic mass is 32.1. The van der Waals surface area contributed by atoms with E-state index < -0.39 is 12.0 Å². The number of hydrogen-bond donors (Lipinski definition) is 1. The number of rotatable bonds is 4. The van der Waals surface area contributed by atoms with Gasteiger partial charge >= 0.3 is 5.97 Å². The normalized spacial score (nSPS) is 18.6. The maximum Gasteiger partial charge on any atom is 0.320 e. The molecule has 1 atom stereocenters. The maximum absolute atomic E-state index is 12.3. The molecule has 1 amide bonds. The topological polar surface area (TPSA) is 60.9 Å². The molecule has 0 bridgehead atoms. The number of carboxylic acid groups (broad SMARTS) is 1. The summed E-state index contributed by atoms with van der Waals surface area (Å²) in [5.41, 5.74) is 0. The summed E-state index contributed by atoms with van der Waals surface area (Å²) in [4.78, 5) is 28.1. The number of amides is 1. The molecule has 110 valence electrons.